The average molecular weight is 491 g/mol. The molecule has 1 aromatic heterocycles. The van der Waals surface area contributed by atoms with Crippen molar-refractivity contribution in [3.8, 4) is 5.75 Å². The minimum atomic E-state index is -0.587. The number of carbonyl (C=O) groups excluding carboxylic acids is 3. The summed E-state index contributed by atoms with van der Waals surface area (Å²) in [4.78, 5) is 43.0. The summed E-state index contributed by atoms with van der Waals surface area (Å²) in [6.45, 7) is 5.26. The van der Waals surface area contributed by atoms with Crippen LogP contribution in [0.15, 0.2) is 42.1 Å². The van der Waals surface area contributed by atoms with E-state index in [9.17, 15) is 14.4 Å². The third kappa shape index (κ3) is 5.88. The maximum atomic E-state index is 11.9. The smallest absolute Gasteiger partial charge is 0.234 e. The Labute approximate surface area is 212 Å². The number of rotatable bonds is 12. The first-order chi connectivity index (χ1) is 17.4. The van der Waals surface area contributed by atoms with Crippen LogP contribution in [0.25, 0.3) is 6.08 Å². The van der Waals surface area contributed by atoms with Crippen LogP contribution in [0.3, 0.4) is 0 Å². The van der Waals surface area contributed by atoms with E-state index in [1.807, 2.05) is 24.4 Å². The number of hydrogen-bond donors (Lipinski definition) is 1. The van der Waals surface area contributed by atoms with E-state index in [1.54, 1.807) is 18.0 Å². The molecular weight excluding hydrogens is 456 g/mol. The van der Waals surface area contributed by atoms with Crippen molar-refractivity contribution in [2.45, 2.75) is 50.8 Å². The number of ether oxygens (including phenoxy) is 1. The van der Waals surface area contributed by atoms with E-state index in [0.29, 0.717) is 30.2 Å². The van der Waals surface area contributed by atoms with Crippen molar-refractivity contribution < 1.29 is 19.1 Å². The number of carbonyl (C=O) groups is 3. The van der Waals surface area contributed by atoms with Crippen LogP contribution in [0.1, 0.15) is 59.3 Å². The first kappa shape index (κ1) is 25.7. The minimum Gasteiger partial charge on any atom is -0.489 e. The molecule has 190 valence electrons. The van der Waals surface area contributed by atoms with E-state index in [2.05, 4.69) is 29.0 Å². The Morgan fingerprint density at radius 2 is 2.17 bits per heavy atom. The molecular formula is C28H34N4O4. The van der Waals surface area contributed by atoms with Gasteiger partial charge in [-0.25, -0.2) is 0 Å². The van der Waals surface area contributed by atoms with Crippen LogP contribution in [0, 0.1) is 0 Å². The summed E-state index contributed by atoms with van der Waals surface area (Å²) in [5, 5.41) is 0. The highest BCUT2D eigenvalue weighted by Gasteiger charge is 2.29. The van der Waals surface area contributed by atoms with Gasteiger partial charge in [-0.3, -0.25) is 24.4 Å². The number of aldehydes is 2. The van der Waals surface area contributed by atoms with Gasteiger partial charge >= 0.3 is 0 Å². The molecule has 3 unspecified atom stereocenters. The van der Waals surface area contributed by atoms with E-state index >= 15 is 0 Å². The quantitative estimate of drug-likeness (QED) is 0.456. The molecule has 0 bridgehead atoms. The number of aromatic nitrogens is 1. The lowest BCUT2D eigenvalue weighted by Crippen LogP contribution is -2.42. The van der Waals surface area contributed by atoms with E-state index in [4.69, 9.17) is 10.5 Å². The molecule has 1 aliphatic heterocycles. The zero-order valence-corrected chi connectivity index (χ0v) is 20.9. The lowest BCUT2D eigenvalue weighted by atomic mass is 9.99. The largest absolute Gasteiger partial charge is 0.489 e. The number of fused-ring (bicyclic) bond motifs is 1. The summed E-state index contributed by atoms with van der Waals surface area (Å²) in [6, 6.07) is 8.99. The van der Waals surface area contributed by atoms with Crippen molar-refractivity contribution in [2.75, 3.05) is 26.7 Å². The fraction of sp³-hybridized carbons (Fsp3) is 0.429. The van der Waals surface area contributed by atoms with Gasteiger partial charge < -0.3 is 15.3 Å². The number of nitrogens with zero attached hydrogens (tertiary/aromatic N) is 3. The van der Waals surface area contributed by atoms with Crippen LogP contribution < -0.4 is 10.5 Å². The molecule has 4 rings (SSSR count). The van der Waals surface area contributed by atoms with Crippen LogP contribution in [0.4, 0.5) is 0 Å². The van der Waals surface area contributed by atoms with E-state index in [0.717, 1.165) is 49.9 Å². The van der Waals surface area contributed by atoms with Crippen LogP contribution in [-0.2, 0) is 16.1 Å². The van der Waals surface area contributed by atoms with Crippen molar-refractivity contribution in [3.63, 3.8) is 0 Å². The molecule has 36 heavy (non-hydrogen) atoms. The van der Waals surface area contributed by atoms with Crippen molar-refractivity contribution in [1.82, 2.24) is 14.8 Å². The second kappa shape index (κ2) is 11.6. The predicted octanol–water partition coefficient (Wildman–Crippen LogP) is 2.81. The first-order valence-corrected chi connectivity index (χ1v) is 12.4. The summed E-state index contributed by atoms with van der Waals surface area (Å²) in [6.07, 6.45) is 7.20. The van der Waals surface area contributed by atoms with Crippen LogP contribution in [0.5, 0.6) is 5.75 Å². The molecule has 3 atom stereocenters. The zero-order chi connectivity index (χ0) is 25.7. The summed E-state index contributed by atoms with van der Waals surface area (Å²) in [7, 11) is 1.77. The van der Waals surface area contributed by atoms with Gasteiger partial charge in [0.25, 0.3) is 0 Å². The van der Waals surface area contributed by atoms with Gasteiger partial charge in [-0.15, -0.1) is 0 Å². The van der Waals surface area contributed by atoms with E-state index in [1.165, 1.54) is 11.1 Å². The highest BCUT2D eigenvalue weighted by molar-refractivity contribution is 5.80. The Morgan fingerprint density at radius 1 is 1.33 bits per heavy atom. The van der Waals surface area contributed by atoms with Crippen molar-refractivity contribution in [1.29, 1.82) is 0 Å². The maximum Gasteiger partial charge on any atom is 0.234 e. The zero-order valence-electron chi connectivity index (χ0n) is 20.9. The average Bonchev–Trinajstić information content (AvgIpc) is 3.43. The normalized spacial score (nSPS) is 20.1. The second-order valence-corrected chi connectivity index (χ2v) is 9.74. The number of primary amides is 1. The van der Waals surface area contributed by atoms with Gasteiger partial charge in [0.1, 0.15) is 24.4 Å². The number of likely N-dealkylation sites (N-methyl/N-ethyl adjacent to an activating group) is 1. The molecule has 2 N–H and O–H groups in total. The maximum absolute atomic E-state index is 11.9. The molecule has 1 fully saturated rings. The molecule has 1 aromatic carbocycles. The minimum absolute atomic E-state index is 0.0569. The molecule has 0 saturated carbocycles. The fourth-order valence-corrected chi connectivity index (χ4v) is 5.18. The molecule has 0 spiro atoms. The van der Waals surface area contributed by atoms with Crippen molar-refractivity contribution in [2.24, 2.45) is 5.73 Å². The highest BCUT2D eigenvalue weighted by atomic mass is 16.5. The van der Waals surface area contributed by atoms with Gasteiger partial charge in [0, 0.05) is 50.3 Å². The van der Waals surface area contributed by atoms with Gasteiger partial charge in [-0.05, 0) is 66.9 Å². The van der Waals surface area contributed by atoms with Gasteiger partial charge in [-0.1, -0.05) is 13.0 Å². The topological polar surface area (TPSA) is 106 Å². The molecule has 1 aliphatic carbocycles. The molecule has 8 heteroatoms. The van der Waals surface area contributed by atoms with E-state index in [-0.39, 0.29) is 12.5 Å². The lowest BCUT2D eigenvalue weighted by Gasteiger charge is -2.26. The van der Waals surface area contributed by atoms with Crippen LogP contribution in [-0.4, -0.2) is 72.1 Å². The molecule has 1 amide bonds. The van der Waals surface area contributed by atoms with Crippen molar-refractivity contribution in [3.05, 3.63) is 64.5 Å². The van der Waals surface area contributed by atoms with E-state index < -0.39 is 11.9 Å². The Kier molecular flexibility index (Phi) is 8.28. The monoisotopic (exact) mass is 490 g/mol. The fourth-order valence-electron chi connectivity index (χ4n) is 5.18. The Balaban J connectivity index is 1.37. The predicted molar refractivity (Wildman–Crippen MR) is 138 cm³/mol. The Hall–Kier alpha value is -3.36. The van der Waals surface area contributed by atoms with Gasteiger partial charge in [0.2, 0.25) is 5.91 Å². The van der Waals surface area contributed by atoms with Gasteiger partial charge in [0.05, 0.1) is 11.7 Å². The summed E-state index contributed by atoms with van der Waals surface area (Å²) in [5.74, 6) is 0.584. The summed E-state index contributed by atoms with van der Waals surface area (Å²) in [5.41, 5.74) is 10.6. The molecule has 2 heterocycles. The number of likely N-dealkylation sites (tertiary alicyclic amines) is 1. The Morgan fingerprint density at radius 3 is 2.89 bits per heavy atom. The van der Waals surface area contributed by atoms with Crippen molar-refractivity contribution >= 4 is 24.6 Å². The number of hydrogen-bond acceptors (Lipinski definition) is 7. The molecule has 2 aromatic rings. The highest BCUT2D eigenvalue weighted by Crippen LogP contribution is 2.35. The summed E-state index contributed by atoms with van der Waals surface area (Å²) < 4.78 is 6.31. The second-order valence-electron chi connectivity index (χ2n) is 9.74. The molecule has 8 nitrogen and oxygen atoms in total. The summed E-state index contributed by atoms with van der Waals surface area (Å²) >= 11 is 0. The molecule has 0 radical (unpaired) electrons. The van der Waals surface area contributed by atoms with Crippen LogP contribution in [0.2, 0.25) is 0 Å². The Bertz CT molecular complexity index is 1150. The van der Waals surface area contributed by atoms with Gasteiger partial charge in [-0.2, -0.15) is 0 Å². The number of nitrogens with two attached hydrogens (primary N) is 1. The van der Waals surface area contributed by atoms with Crippen LogP contribution >= 0.6 is 0 Å². The van der Waals surface area contributed by atoms with Gasteiger partial charge in [0.15, 0.2) is 0 Å². The lowest BCUT2D eigenvalue weighted by molar-refractivity contribution is -0.123. The number of amides is 1. The first-order valence-electron chi connectivity index (χ1n) is 12.4. The molecule has 2 aliphatic rings. The SMILES string of the molecule is CC1C(CN2CCC(Oc3ccc(C=O)c(CN(C)C(CCC=O)C(N)=O)c3)C2)=Cc2ncccc21. The number of pyridine rings is 1. The standard InChI is InChI=1S/C28H34N4O4/c1-19-21(14-26-25(19)5-3-10-30-26)16-32-11-9-24(17-32)36-23-8-7-20(18-34)22(13-23)15-31(2)27(28(29)35)6-4-12-33/h3,5,7-8,10,12-14,18-19,24,27H,4,6,9,11,15-17H2,1-2H3,(H2,29,35). The molecule has 1 saturated heterocycles. The number of benzene rings is 1. The third-order valence-corrected chi connectivity index (χ3v) is 7.23. The third-order valence-electron chi connectivity index (χ3n) is 7.23.